The van der Waals surface area contributed by atoms with Gasteiger partial charge in [0.15, 0.2) is 0 Å². The minimum Gasteiger partial charge on any atom is -0.507 e. The first-order chi connectivity index (χ1) is 13.5. The number of nitrogens with zero attached hydrogens (tertiary/aromatic N) is 1. The SMILES string of the molecule is C=CC(=O)N1CCCC1Cc1cc(/C=C(\N)c2ccccc2O)c(N)[nH]1.CC. The van der Waals surface area contributed by atoms with Gasteiger partial charge in [-0.2, -0.15) is 0 Å². The molecule has 0 spiro atoms. The number of benzene rings is 1. The fraction of sp³-hybridized carbons (Fsp3) is 0.318. The van der Waals surface area contributed by atoms with Crippen molar-refractivity contribution in [2.24, 2.45) is 5.73 Å². The number of rotatable bonds is 5. The molecule has 1 aromatic carbocycles. The molecule has 1 atom stereocenters. The van der Waals surface area contributed by atoms with Gasteiger partial charge in [-0.15, -0.1) is 0 Å². The summed E-state index contributed by atoms with van der Waals surface area (Å²) in [6.07, 6.45) is 5.76. The van der Waals surface area contributed by atoms with Crippen LogP contribution in [0, 0.1) is 0 Å². The molecule has 0 bridgehead atoms. The fourth-order valence-electron chi connectivity index (χ4n) is 3.45. The van der Waals surface area contributed by atoms with Crippen molar-refractivity contribution in [1.82, 2.24) is 9.88 Å². The van der Waals surface area contributed by atoms with Crippen LogP contribution in [0.1, 0.15) is 43.5 Å². The summed E-state index contributed by atoms with van der Waals surface area (Å²) in [7, 11) is 0. The number of nitrogens with one attached hydrogen (secondary N) is 1. The van der Waals surface area contributed by atoms with Gasteiger partial charge in [-0.1, -0.05) is 32.6 Å². The predicted octanol–water partition coefficient (Wildman–Crippen LogP) is 3.51. The number of hydrogen-bond donors (Lipinski definition) is 4. The number of hydrogen-bond acceptors (Lipinski definition) is 4. The van der Waals surface area contributed by atoms with E-state index in [2.05, 4.69) is 11.6 Å². The Kier molecular flexibility index (Phi) is 7.32. The first-order valence-corrected chi connectivity index (χ1v) is 9.65. The van der Waals surface area contributed by atoms with E-state index < -0.39 is 0 Å². The summed E-state index contributed by atoms with van der Waals surface area (Å²) in [4.78, 5) is 17.0. The number of H-pyrrole nitrogens is 1. The van der Waals surface area contributed by atoms with E-state index in [-0.39, 0.29) is 17.7 Å². The summed E-state index contributed by atoms with van der Waals surface area (Å²) < 4.78 is 0. The Morgan fingerprint density at radius 1 is 1.39 bits per heavy atom. The molecular weight excluding hydrogens is 352 g/mol. The number of likely N-dealkylation sites (tertiary alicyclic amines) is 1. The van der Waals surface area contributed by atoms with Gasteiger partial charge < -0.3 is 26.5 Å². The minimum atomic E-state index is -0.0315. The zero-order chi connectivity index (χ0) is 20.7. The Balaban J connectivity index is 0.00000136. The van der Waals surface area contributed by atoms with Crippen LogP contribution in [0.15, 0.2) is 43.0 Å². The van der Waals surface area contributed by atoms with Gasteiger partial charge in [0.2, 0.25) is 5.91 Å². The number of carbonyl (C=O) groups is 1. The zero-order valence-electron chi connectivity index (χ0n) is 16.6. The van der Waals surface area contributed by atoms with Crippen molar-refractivity contribution in [2.75, 3.05) is 12.3 Å². The number of nitrogen functional groups attached to an aromatic ring is 1. The maximum absolute atomic E-state index is 11.9. The molecule has 28 heavy (non-hydrogen) atoms. The van der Waals surface area contributed by atoms with E-state index in [0.29, 0.717) is 23.5 Å². The summed E-state index contributed by atoms with van der Waals surface area (Å²) >= 11 is 0. The van der Waals surface area contributed by atoms with Crippen molar-refractivity contribution in [3.8, 4) is 5.75 Å². The second kappa shape index (κ2) is 9.69. The van der Waals surface area contributed by atoms with Gasteiger partial charge in [-0.3, -0.25) is 4.79 Å². The molecule has 2 aromatic rings. The molecule has 1 amide bonds. The topological polar surface area (TPSA) is 108 Å². The molecule has 0 saturated carbocycles. The molecule has 3 rings (SSSR count). The number of aromatic hydroxyl groups is 1. The minimum absolute atomic E-state index is 0.0315. The van der Waals surface area contributed by atoms with Gasteiger partial charge in [0, 0.05) is 41.5 Å². The summed E-state index contributed by atoms with van der Waals surface area (Å²) in [5, 5.41) is 9.92. The van der Waals surface area contributed by atoms with Crippen molar-refractivity contribution >= 4 is 23.5 Å². The van der Waals surface area contributed by atoms with Gasteiger partial charge in [0.05, 0.1) is 0 Å². The van der Waals surface area contributed by atoms with Gasteiger partial charge in [-0.25, -0.2) is 0 Å². The van der Waals surface area contributed by atoms with Gasteiger partial charge in [-0.05, 0) is 43.2 Å². The molecule has 1 fully saturated rings. The molecule has 6 N–H and O–H groups in total. The highest BCUT2D eigenvalue weighted by molar-refractivity contribution is 5.87. The van der Waals surface area contributed by atoms with E-state index in [0.717, 1.165) is 30.6 Å². The van der Waals surface area contributed by atoms with Gasteiger partial charge in [0.1, 0.15) is 11.6 Å². The zero-order valence-corrected chi connectivity index (χ0v) is 16.6. The molecule has 0 aliphatic carbocycles. The largest absolute Gasteiger partial charge is 0.507 e. The Bertz CT molecular complexity index is 854. The monoisotopic (exact) mass is 382 g/mol. The quantitative estimate of drug-likeness (QED) is 0.593. The van der Waals surface area contributed by atoms with E-state index in [1.54, 1.807) is 24.3 Å². The molecule has 1 unspecified atom stereocenters. The second-order valence-electron chi connectivity index (χ2n) is 6.52. The number of nitrogens with two attached hydrogens (primary N) is 2. The molecule has 1 aliphatic heterocycles. The van der Waals surface area contributed by atoms with Crippen LogP contribution in [0.2, 0.25) is 0 Å². The Hall–Kier alpha value is -3.15. The summed E-state index contributed by atoms with van der Waals surface area (Å²) in [6, 6.07) is 8.98. The number of phenols is 1. The first kappa shape index (κ1) is 21.2. The van der Waals surface area contributed by atoms with Gasteiger partial charge >= 0.3 is 0 Å². The molecule has 150 valence electrons. The van der Waals surface area contributed by atoms with Crippen molar-refractivity contribution in [2.45, 2.75) is 39.2 Å². The Labute approximate surface area is 166 Å². The van der Waals surface area contributed by atoms with Crippen LogP contribution in [-0.4, -0.2) is 33.5 Å². The Morgan fingerprint density at radius 2 is 2.11 bits per heavy atom. The second-order valence-corrected chi connectivity index (χ2v) is 6.52. The maximum atomic E-state index is 11.9. The smallest absolute Gasteiger partial charge is 0.246 e. The highest BCUT2D eigenvalue weighted by atomic mass is 16.3. The highest BCUT2D eigenvalue weighted by Gasteiger charge is 2.27. The summed E-state index contributed by atoms with van der Waals surface area (Å²) in [6.45, 7) is 8.33. The maximum Gasteiger partial charge on any atom is 0.246 e. The number of para-hydroxylation sites is 1. The van der Waals surface area contributed by atoms with Crippen molar-refractivity contribution < 1.29 is 9.90 Å². The molecule has 1 aliphatic rings. The number of carbonyl (C=O) groups excluding carboxylic acids is 1. The molecular formula is C22H30N4O2. The van der Waals surface area contributed by atoms with Crippen LogP contribution < -0.4 is 11.5 Å². The van der Waals surface area contributed by atoms with Crippen molar-refractivity contribution in [1.29, 1.82) is 0 Å². The molecule has 2 heterocycles. The Morgan fingerprint density at radius 3 is 2.79 bits per heavy atom. The van der Waals surface area contributed by atoms with E-state index in [1.165, 1.54) is 6.08 Å². The van der Waals surface area contributed by atoms with E-state index in [1.807, 2.05) is 30.9 Å². The summed E-state index contributed by atoms with van der Waals surface area (Å²) in [5.41, 5.74) is 14.9. The molecule has 6 nitrogen and oxygen atoms in total. The van der Waals surface area contributed by atoms with Gasteiger partial charge in [0.25, 0.3) is 0 Å². The van der Waals surface area contributed by atoms with Crippen LogP contribution in [0.3, 0.4) is 0 Å². The highest BCUT2D eigenvalue weighted by Crippen LogP contribution is 2.27. The number of anilines is 1. The van der Waals surface area contributed by atoms with E-state index in [4.69, 9.17) is 11.5 Å². The lowest BCUT2D eigenvalue weighted by Gasteiger charge is -2.22. The normalized spacial score (nSPS) is 16.4. The first-order valence-electron chi connectivity index (χ1n) is 9.65. The average Bonchev–Trinajstić information content (AvgIpc) is 3.30. The lowest BCUT2D eigenvalue weighted by atomic mass is 10.1. The van der Waals surface area contributed by atoms with Crippen LogP contribution in [0.25, 0.3) is 11.8 Å². The standard InChI is InChI=1S/C20H24N4O2.C2H6/c1-2-19(26)24-9-5-6-15(24)12-14-10-13(20(22)23-14)11-17(21)16-7-3-4-8-18(16)25;1-2/h2-4,7-8,10-11,15,23,25H,1,5-6,9,12,21-22H2;1-2H3/b17-11-;. The van der Waals surface area contributed by atoms with Crippen molar-refractivity contribution in [3.63, 3.8) is 0 Å². The third-order valence-corrected chi connectivity index (χ3v) is 4.75. The average molecular weight is 383 g/mol. The number of aromatic nitrogens is 1. The molecule has 1 aromatic heterocycles. The summed E-state index contributed by atoms with van der Waals surface area (Å²) in [5.74, 6) is 0.606. The fourth-order valence-corrected chi connectivity index (χ4v) is 3.45. The third kappa shape index (κ3) is 4.76. The predicted molar refractivity (Wildman–Crippen MR) is 115 cm³/mol. The van der Waals surface area contributed by atoms with E-state index >= 15 is 0 Å². The third-order valence-electron chi connectivity index (χ3n) is 4.75. The van der Waals surface area contributed by atoms with Crippen LogP contribution in [0.4, 0.5) is 5.82 Å². The number of phenolic OH excluding ortho intramolecular Hbond substituents is 1. The molecule has 1 saturated heterocycles. The van der Waals surface area contributed by atoms with Crippen LogP contribution in [-0.2, 0) is 11.2 Å². The van der Waals surface area contributed by atoms with Crippen molar-refractivity contribution in [3.05, 3.63) is 59.8 Å². The molecule has 0 radical (unpaired) electrons. The van der Waals surface area contributed by atoms with Crippen LogP contribution >= 0.6 is 0 Å². The lowest BCUT2D eigenvalue weighted by molar-refractivity contribution is -0.126. The number of amides is 1. The molecule has 6 heteroatoms. The lowest BCUT2D eigenvalue weighted by Crippen LogP contribution is -2.35. The van der Waals surface area contributed by atoms with E-state index in [9.17, 15) is 9.90 Å². The number of aromatic amines is 1. The van der Waals surface area contributed by atoms with Crippen LogP contribution in [0.5, 0.6) is 5.75 Å².